The molecule has 0 saturated carbocycles. The molecule has 0 spiro atoms. The van der Waals surface area contributed by atoms with Crippen LogP contribution in [-0.2, 0) is 9.84 Å². The molecule has 1 aromatic carbocycles. The minimum absolute atomic E-state index is 0.168. The summed E-state index contributed by atoms with van der Waals surface area (Å²) in [5, 5.41) is 3.35. The summed E-state index contributed by atoms with van der Waals surface area (Å²) in [6.07, 6.45) is 2.30. The fourth-order valence-electron chi connectivity index (χ4n) is 2.42. The van der Waals surface area contributed by atoms with Gasteiger partial charge in [0.2, 0.25) is 0 Å². The highest BCUT2D eigenvalue weighted by molar-refractivity contribution is 9.10. The molecule has 1 fully saturated rings. The summed E-state index contributed by atoms with van der Waals surface area (Å²) in [7, 11) is -1.18. The van der Waals surface area contributed by atoms with E-state index >= 15 is 0 Å². The minimum Gasteiger partial charge on any atom is -0.315 e. The number of hydrogen-bond acceptors (Lipinski definition) is 4. The standard InChI is InChI=1S/C14H21BrN2O2S/c1-17(13-3-2-8-16-11-13)9-10-20(18,19)14-6-4-12(15)5-7-14/h4-7,13,16H,2-3,8-11H2,1H3. The molecule has 1 aliphatic rings. The van der Waals surface area contributed by atoms with Crippen molar-refractivity contribution in [1.29, 1.82) is 0 Å². The molecule has 1 N–H and O–H groups in total. The van der Waals surface area contributed by atoms with E-state index in [1.807, 2.05) is 7.05 Å². The Kier molecular flexibility index (Phi) is 5.60. The number of halogens is 1. The van der Waals surface area contributed by atoms with Crippen LogP contribution < -0.4 is 5.32 Å². The largest absolute Gasteiger partial charge is 0.315 e. The second-order valence-electron chi connectivity index (χ2n) is 5.25. The molecule has 1 atom stereocenters. The third-order valence-corrected chi connectivity index (χ3v) is 6.02. The van der Waals surface area contributed by atoms with Gasteiger partial charge in [-0.05, 0) is 50.7 Å². The molecule has 20 heavy (non-hydrogen) atoms. The predicted molar refractivity (Wildman–Crippen MR) is 84.7 cm³/mol. The molecule has 4 nitrogen and oxygen atoms in total. The van der Waals surface area contributed by atoms with Gasteiger partial charge in [0.05, 0.1) is 10.6 Å². The van der Waals surface area contributed by atoms with Gasteiger partial charge in [-0.15, -0.1) is 0 Å². The van der Waals surface area contributed by atoms with E-state index in [4.69, 9.17) is 0 Å². The topological polar surface area (TPSA) is 49.4 Å². The number of nitrogens with zero attached hydrogens (tertiary/aromatic N) is 1. The Balaban J connectivity index is 1.93. The molecular formula is C14H21BrN2O2S. The zero-order chi connectivity index (χ0) is 14.6. The molecule has 1 aliphatic heterocycles. The second kappa shape index (κ2) is 7.02. The Morgan fingerprint density at radius 3 is 2.65 bits per heavy atom. The van der Waals surface area contributed by atoms with E-state index in [0.29, 0.717) is 17.5 Å². The van der Waals surface area contributed by atoms with Crippen LogP contribution in [0.2, 0.25) is 0 Å². The van der Waals surface area contributed by atoms with Crippen molar-refractivity contribution in [3.8, 4) is 0 Å². The molecule has 112 valence electrons. The van der Waals surface area contributed by atoms with Crippen LogP contribution >= 0.6 is 15.9 Å². The molecule has 1 unspecified atom stereocenters. The van der Waals surface area contributed by atoms with Gasteiger partial charge in [-0.2, -0.15) is 0 Å². The normalized spacial score (nSPS) is 20.2. The lowest BCUT2D eigenvalue weighted by Gasteiger charge is -2.31. The highest BCUT2D eigenvalue weighted by Crippen LogP contribution is 2.16. The first-order valence-electron chi connectivity index (χ1n) is 6.88. The first-order valence-corrected chi connectivity index (χ1v) is 9.33. The first kappa shape index (κ1) is 15.9. The van der Waals surface area contributed by atoms with Crippen LogP contribution in [0.3, 0.4) is 0 Å². The molecule has 0 radical (unpaired) electrons. The van der Waals surface area contributed by atoms with E-state index in [2.05, 4.69) is 26.1 Å². The van der Waals surface area contributed by atoms with Crippen LogP contribution in [0.15, 0.2) is 33.6 Å². The number of piperidine rings is 1. The number of benzene rings is 1. The van der Waals surface area contributed by atoms with E-state index in [1.54, 1.807) is 24.3 Å². The van der Waals surface area contributed by atoms with Crippen LogP contribution in [0, 0.1) is 0 Å². The molecule has 0 amide bonds. The number of nitrogens with one attached hydrogen (secondary N) is 1. The van der Waals surface area contributed by atoms with E-state index in [9.17, 15) is 8.42 Å². The third-order valence-electron chi connectivity index (χ3n) is 3.78. The number of sulfone groups is 1. The molecule has 0 bridgehead atoms. The number of hydrogen-bond donors (Lipinski definition) is 1. The average Bonchev–Trinajstić information content (AvgIpc) is 2.46. The highest BCUT2D eigenvalue weighted by Gasteiger charge is 2.20. The maximum absolute atomic E-state index is 12.3. The fraction of sp³-hybridized carbons (Fsp3) is 0.571. The molecule has 1 aromatic rings. The third kappa shape index (κ3) is 4.28. The Labute approximate surface area is 129 Å². The SMILES string of the molecule is CN(CCS(=O)(=O)c1ccc(Br)cc1)C1CCCNC1. The molecule has 2 rings (SSSR count). The fourth-order valence-corrected chi connectivity index (χ4v) is 4.00. The Bertz CT molecular complexity index is 525. The summed E-state index contributed by atoms with van der Waals surface area (Å²) in [4.78, 5) is 2.55. The van der Waals surface area contributed by atoms with Crippen molar-refractivity contribution in [2.75, 3.05) is 32.4 Å². The maximum atomic E-state index is 12.3. The summed E-state index contributed by atoms with van der Waals surface area (Å²) < 4.78 is 25.4. The quantitative estimate of drug-likeness (QED) is 0.871. The molecule has 0 aliphatic carbocycles. The number of likely N-dealkylation sites (N-methyl/N-ethyl adjacent to an activating group) is 1. The molecule has 1 heterocycles. The lowest BCUT2D eigenvalue weighted by Crippen LogP contribution is -2.45. The van der Waals surface area contributed by atoms with Gasteiger partial charge in [-0.3, -0.25) is 0 Å². The van der Waals surface area contributed by atoms with Gasteiger partial charge in [-0.1, -0.05) is 15.9 Å². The summed E-state index contributed by atoms with van der Waals surface area (Å²) in [6, 6.07) is 7.29. The van der Waals surface area contributed by atoms with Crippen LogP contribution in [-0.4, -0.2) is 51.8 Å². The minimum atomic E-state index is -3.19. The van der Waals surface area contributed by atoms with Crippen molar-refractivity contribution in [1.82, 2.24) is 10.2 Å². The van der Waals surface area contributed by atoms with Gasteiger partial charge in [0.1, 0.15) is 0 Å². The molecule has 6 heteroatoms. The van der Waals surface area contributed by atoms with Crippen molar-refractivity contribution in [3.05, 3.63) is 28.7 Å². The Morgan fingerprint density at radius 1 is 1.35 bits per heavy atom. The lowest BCUT2D eigenvalue weighted by molar-refractivity contribution is 0.213. The predicted octanol–water partition coefficient (Wildman–Crippen LogP) is 1.91. The monoisotopic (exact) mass is 360 g/mol. The van der Waals surface area contributed by atoms with Crippen LogP contribution in [0.4, 0.5) is 0 Å². The van der Waals surface area contributed by atoms with Gasteiger partial charge < -0.3 is 10.2 Å². The number of rotatable bonds is 5. The lowest BCUT2D eigenvalue weighted by atomic mass is 10.1. The highest BCUT2D eigenvalue weighted by atomic mass is 79.9. The van der Waals surface area contributed by atoms with Gasteiger partial charge in [-0.25, -0.2) is 8.42 Å². The van der Waals surface area contributed by atoms with Gasteiger partial charge in [0, 0.05) is 23.6 Å². The van der Waals surface area contributed by atoms with E-state index in [0.717, 1.165) is 30.4 Å². The first-order chi connectivity index (χ1) is 9.49. The summed E-state index contributed by atoms with van der Waals surface area (Å²) in [5.74, 6) is 0.168. The van der Waals surface area contributed by atoms with Crippen molar-refractivity contribution in [3.63, 3.8) is 0 Å². The summed E-state index contributed by atoms with van der Waals surface area (Å²) >= 11 is 3.32. The summed E-state index contributed by atoms with van der Waals surface area (Å²) in [5.41, 5.74) is 0. The van der Waals surface area contributed by atoms with E-state index in [1.165, 1.54) is 0 Å². The maximum Gasteiger partial charge on any atom is 0.179 e. The van der Waals surface area contributed by atoms with Gasteiger partial charge in [0.25, 0.3) is 0 Å². The second-order valence-corrected chi connectivity index (χ2v) is 8.28. The van der Waals surface area contributed by atoms with E-state index < -0.39 is 9.84 Å². The smallest absolute Gasteiger partial charge is 0.179 e. The van der Waals surface area contributed by atoms with Crippen molar-refractivity contribution >= 4 is 25.8 Å². The van der Waals surface area contributed by atoms with Crippen LogP contribution in [0.5, 0.6) is 0 Å². The van der Waals surface area contributed by atoms with Crippen LogP contribution in [0.25, 0.3) is 0 Å². The Morgan fingerprint density at radius 2 is 2.05 bits per heavy atom. The van der Waals surface area contributed by atoms with Gasteiger partial charge in [0.15, 0.2) is 9.84 Å². The zero-order valence-corrected chi connectivity index (χ0v) is 14.1. The molecule has 0 aromatic heterocycles. The molecule has 1 saturated heterocycles. The summed E-state index contributed by atoms with van der Waals surface area (Å²) in [6.45, 7) is 2.60. The van der Waals surface area contributed by atoms with Crippen molar-refractivity contribution in [2.24, 2.45) is 0 Å². The van der Waals surface area contributed by atoms with Crippen molar-refractivity contribution in [2.45, 2.75) is 23.8 Å². The van der Waals surface area contributed by atoms with E-state index in [-0.39, 0.29) is 5.75 Å². The Hall–Kier alpha value is -0.430. The zero-order valence-electron chi connectivity index (χ0n) is 11.7. The van der Waals surface area contributed by atoms with Crippen molar-refractivity contribution < 1.29 is 8.42 Å². The van der Waals surface area contributed by atoms with Crippen LogP contribution in [0.1, 0.15) is 12.8 Å². The molecular weight excluding hydrogens is 340 g/mol. The average molecular weight is 361 g/mol. The van der Waals surface area contributed by atoms with Gasteiger partial charge >= 0.3 is 0 Å².